The molecule has 2 heterocycles. The molecule has 0 atom stereocenters. The fourth-order valence-electron chi connectivity index (χ4n) is 2.93. The quantitative estimate of drug-likeness (QED) is 0.574. The van der Waals surface area contributed by atoms with Crippen LogP contribution in [-0.4, -0.2) is 32.8 Å². The van der Waals surface area contributed by atoms with Crippen LogP contribution in [0.1, 0.15) is 11.4 Å². The Morgan fingerprint density at radius 2 is 1.96 bits per heavy atom. The minimum absolute atomic E-state index is 0.0848. The number of carbonyl (C=O) groups excluding carboxylic acids is 1. The molecule has 0 bridgehead atoms. The summed E-state index contributed by atoms with van der Waals surface area (Å²) in [6, 6.07) is 17.7. The van der Waals surface area contributed by atoms with Crippen LogP contribution in [0.5, 0.6) is 0 Å². The van der Waals surface area contributed by atoms with E-state index >= 15 is 0 Å². The molecule has 0 aliphatic rings. The predicted molar refractivity (Wildman–Crippen MR) is 103 cm³/mol. The summed E-state index contributed by atoms with van der Waals surface area (Å²) < 4.78 is 0. The molecule has 2 aromatic carbocycles. The van der Waals surface area contributed by atoms with Gasteiger partial charge in [0.05, 0.1) is 23.1 Å². The highest BCUT2D eigenvalue weighted by molar-refractivity contribution is 5.95. The van der Waals surface area contributed by atoms with Crippen molar-refractivity contribution >= 4 is 33.9 Å². The topological polar surface area (TPSA) is 61.9 Å². The van der Waals surface area contributed by atoms with E-state index in [9.17, 15) is 4.79 Å². The maximum atomic E-state index is 12.4. The van der Waals surface area contributed by atoms with Gasteiger partial charge >= 0.3 is 0 Å². The van der Waals surface area contributed by atoms with E-state index in [1.165, 1.54) is 0 Å². The van der Waals surface area contributed by atoms with Gasteiger partial charge in [-0.3, -0.25) is 9.78 Å². The number of carbonyl (C=O) groups is 1. The fraction of sp³-hybridized carbons (Fsp3) is 0.0952. The van der Waals surface area contributed by atoms with Crippen molar-refractivity contribution in [2.75, 3.05) is 7.05 Å². The zero-order valence-electron chi connectivity index (χ0n) is 14.4. The second-order valence-corrected chi connectivity index (χ2v) is 6.15. The Balaban J connectivity index is 1.50. The van der Waals surface area contributed by atoms with Crippen molar-refractivity contribution in [3.63, 3.8) is 0 Å². The van der Waals surface area contributed by atoms with Crippen LogP contribution in [0.2, 0.25) is 0 Å². The third kappa shape index (κ3) is 3.19. The van der Waals surface area contributed by atoms with Crippen LogP contribution < -0.4 is 0 Å². The third-order valence-electron chi connectivity index (χ3n) is 4.27. The van der Waals surface area contributed by atoms with Gasteiger partial charge in [0.1, 0.15) is 5.82 Å². The highest BCUT2D eigenvalue weighted by Crippen LogP contribution is 2.17. The number of hydrogen-bond acceptors (Lipinski definition) is 3. The first-order chi connectivity index (χ1) is 12.7. The summed E-state index contributed by atoms with van der Waals surface area (Å²) in [7, 11) is 1.77. The molecule has 4 aromatic rings. The predicted octanol–water partition coefficient (Wildman–Crippen LogP) is 3.78. The number of imidazole rings is 1. The Kier molecular flexibility index (Phi) is 4.19. The maximum absolute atomic E-state index is 12.4. The Hall–Kier alpha value is -3.47. The third-order valence-corrected chi connectivity index (χ3v) is 4.27. The number of rotatable bonds is 4. The standard InChI is InChI=1S/C21H18N4O/c1-25(14-19-23-17-9-2-3-10-18(17)24-19)20(26)12-11-16-7-4-6-15-8-5-13-22-21(15)16/h2-13H,14H2,1H3,(H,23,24)/b12-11+. The molecule has 26 heavy (non-hydrogen) atoms. The molecule has 4 rings (SSSR count). The molecule has 0 unspecified atom stereocenters. The van der Waals surface area contributed by atoms with Gasteiger partial charge in [-0.25, -0.2) is 4.98 Å². The second kappa shape index (κ2) is 6.80. The van der Waals surface area contributed by atoms with E-state index < -0.39 is 0 Å². The normalized spacial score (nSPS) is 11.4. The lowest BCUT2D eigenvalue weighted by Crippen LogP contribution is -2.24. The zero-order chi connectivity index (χ0) is 17.9. The van der Waals surface area contributed by atoms with Crippen LogP contribution in [0.4, 0.5) is 0 Å². The smallest absolute Gasteiger partial charge is 0.246 e. The van der Waals surface area contributed by atoms with Gasteiger partial charge in [-0.05, 0) is 24.3 Å². The van der Waals surface area contributed by atoms with Gasteiger partial charge in [0.15, 0.2) is 0 Å². The molecule has 0 aliphatic heterocycles. The number of para-hydroxylation sites is 3. The van der Waals surface area contributed by atoms with Gasteiger partial charge in [-0.15, -0.1) is 0 Å². The lowest BCUT2D eigenvalue weighted by molar-refractivity contribution is -0.125. The summed E-state index contributed by atoms with van der Waals surface area (Å²) in [5.74, 6) is 0.681. The van der Waals surface area contributed by atoms with Crippen LogP contribution in [0, 0.1) is 0 Å². The zero-order valence-corrected chi connectivity index (χ0v) is 14.4. The molecule has 1 amide bonds. The van der Waals surface area contributed by atoms with Gasteiger partial charge in [-0.2, -0.15) is 0 Å². The van der Waals surface area contributed by atoms with E-state index in [0.29, 0.717) is 6.54 Å². The molecule has 5 nitrogen and oxygen atoms in total. The van der Waals surface area contributed by atoms with Crippen molar-refractivity contribution in [1.82, 2.24) is 19.9 Å². The largest absolute Gasteiger partial charge is 0.340 e. The Morgan fingerprint density at radius 3 is 2.85 bits per heavy atom. The van der Waals surface area contributed by atoms with E-state index in [1.807, 2.05) is 60.7 Å². The average molecular weight is 342 g/mol. The average Bonchev–Trinajstić information content (AvgIpc) is 3.08. The summed E-state index contributed by atoms with van der Waals surface area (Å²) in [5, 5.41) is 1.05. The number of nitrogens with zero attached hydrogens (tertiary/aromatic N) is 3. The van der Waals surface area contributed by atoms with Crippen LogP contribution in [0.25, 0.3) is 28.0 Å². The number of nitrogens with one attached hydrogen (secondary N) is 1. The molecule has 0 saturated carbocycles. The van der Waals surface area contributed by atoms with E-state index in [-0.39, 0.29) is 5.91 Å². The first kappa shape index (κ1) is 16.0. The van der Waals surface area contributed by atoms with Gasteiger partial charge in [0.25, 0.3) is 0 Å². The minimum Gasteiger partial charge on any atom is -0.340 e. The Morgan fingerprint density at radius 1 is 1.12 bits per heavy atom. The molecule has 5 heteroatoms. The van der Waals surface area contributed by atoms with E-state index in [2.05, 4.69) is 15.0 Å². The molecule has 0 aliphatic carbocycles. The highest BCUT2D eigenvalue weighted by atomic mass is 16.2. The van der Waals surface area contributed by atoms with Gasteiger partial charge in [0.2, 0.25) is 5.91 Å². The molecule has 0 fully saturated rings. The van der Waals surface area contributed by atoms with Crippen molar-refractivity contribution in [3.8, 4) is 0 Å². The van der Waals surface area contributed by atoms with Crippen molar-refractivity contribution < 1.29 is 4.79 Å². The summed E-state index contributed by atoms with van der Waals surface area (Å²) >= 11 is 0. The number of fused-ring (bicyclic) bond motifs is 2. The van der Waals surface area contributed by atoms with E-state index in [4.69, 9.17) is 0 Å². The molecular formula is C21H18N4O. The number of pyridine rings is 1. The van der Waals surface area contributed by atoms with Gasteiger partial charge in [0, 0.05) is 30.3 Å². The molecule has 0 saturated heterocycles. The van der Waals surface area contributed by atoms with Crippen LogP contribution in [0.3, 0.4) is 0 Å². The molecular weight excluding hydrogens is 324 g/mol. The van der Waals surface area contributed by atoms with Crippen molar-refractivity contribution in [2.45, 2.75) is 6.54 Å². The highest BCUT2D eigenvalue weighted by Gasteiger charge is 2.09. The van der Waals surface area contributed by atoms with Crippen molar-refractivity contribution in [1.29, 1.82) is 0 Å². The number of H-pyrrole nitrogens is 1. The maximum Gasteiger partial charge on any atom is 0.246 e. The number of benzene rings is 2. The van der Waals surface area contributed by atoms with Crippen LogP contribution in [0.15, 0.2) is 66.9 Å². The lowest BCUT2D eigenvalue weighted by atomic mass is 10.1. The number of hydrogen-bond donors (Lipinski definition) is 1. The van der Waals surface area contributed by atoms with E-state index in [0.717, 1.165) is 33.3 Å². The van der Waals surface area contributed by atoms with Crippen molar-refractivity contribution in [2.24, 2.45) is 0 Å². The molecule has 128 valence electrons. The number of amides is 1. The lowest BCUT2D eigenvalue weighted by Gasteiger charge is -2.13. The molecule has 1 N–H and O–H groups in total. The van der Waals surface area contributed by atoms with Crippen LogP contribution in [-0.2, 0) is 11.3 Å². The van der Waals surface area contributed by atoms with Gasteiger partial charge in [-0.1, -0.05) is 36.4 Å². The molecule has 2 aromatic heterocycles. The number of likely N-dealkylation sites (N-methyl/N-ethyl adjacent to an activating group) is 1. The SMILES string of the molecule is CN(Cc1nc2ccccc2[nH]1)C(=O)/C=C/c1cccc2cccnc12. The molecule has 0 radical (unpaired) electrons. The minimum atomic E-state index is -0.0848. The first-order valence-electron chi connectivity index (χ1n) is 8.41. The summed E-state index contributed by atoms with van der Waals surface area (Å²) in [6.07, 6.45) is 5.15. The Labute approximate surface area is 151 Å². The summed E-state index contributed by atoms with van der Waals surface area (Å²) in [6.45, 7) is 0.422. The Bertz CT molecular complexity index is 1070. The van der Waals surface area contributed by atoms with Crippen LogP contribution >= 0.6 is 0 Å². The second-order valence-electron chi connectivity index (χ2n) is 6.15. The summed E-state index contributed by atoms with van der Waals surface area (Å²) in [5.41, 5.74) is 3.69. The van der Waals surface area contributed by atoms with E-state index in [1.54, 1.807) is 24.2 Å². The molecule has 0 spiro atoms. The van der Waals surface area contributed by atoms with Crippen molar-refractivity contribution in [3.05, 3.63) is 78.3 Å². The number of aromatic amines is 1. The monoisotopic (exact) mass is 342 g/mol. The first-order valence-corrected chi connectivity index (χ1v) is 8.41. The summed E-state index contributed by atoms with van der Waals surface area (Å²) in [4.78, 5) is 26.2. The number of aromatic nitrogens is 3. The van der Waals surface area contributed by atoms with Gasteiger partial charge < -0.3 is 9.88 Å². The fourth-order valence-corrected chi connectivity index (χ4v) is 2.93.